The van der Waals surface area contributed by atoms with Gasteiger partial charge in [0.15, 0.2) is 16.6 Å². The van der Waals surface area contributed by atoms with Crippen LogP contribution in [0.4, 0.5) is 0 Å². The number of para-hydroxylation sites is 2. The summed E-state index contributed by atoms with van der Waals surface area (Å²) in [6.07, 6.45) is -5.34. The van der Waals surface area contributed by atoms with Crippen molar-refractivity contribution >= 4 is 24.5 Å². The summed E-state index contributed by atoms with van der Waals surface area (Å²) in [7, 11) is -9.90. The summed E-state index contributed by atoms with van der Waals surface area (Å²) in [5, 5.41) is -0.425. The summed E-state index contributed by atoms with van der Waals surface area (Å²) in [6.45, 7) is 22.8. The average molecular weight is 911 g/mol. The molecule has 0 heterocycles. The monoisotopic (exact) mass is 910 g/mol. The minimum Gasteiger partial charge on any atom is -0.408 e. The van der Waals surface area contributed by atoms with Crippen LogP contribution in [0.1, 0.15) is 58.2 Å². The van der Waals surface area contributed by atoms with Crippen LogP contribution in [0.3, 0.4) is 0 Å². The van der Waals surface area contributed by atoms with Gasteiger partial charge >= 0.3 is 7.82 Å². The van der Waals surface area contributed by atoms with Gasteiger partial charge in [-0.2, -0.15) is 0 Å². The molecule has 0 saturated heterocycles. The summed E-state index contributed by atoms with van der Waals surface area (Å²) < 4.78 is 72.1. The molecule has 1 saturated carbocycles. The van der Waals surface area contributed by atoms with Crippen LogP contribution < -0.4 is 9.05 Å². The predicted molar refractivity (Wildman–Crippen MR) is 256 cm³/mol. The van der Waals surface area contributed by atoms with Gasteiger partial charge < -0.3 is 32.1 Å². The molecule has 1 aliphatic carbocycles. The van der Waals surface area contributed by atoms with E-state index in [0.717, 1.165) is 16.7 Å². The van der Waals surface area contributed by atoms with Gasteiger partial charge in [-0.05, 0) is 77.2 Å². The van der Waals surface area contributed by atoms with Gasteiger partial charge in [-0.15, -0.1) is 0 Å². The van der Waals surface area contributed by atoms with E-state index in [1.165, 1.54) is 0 Å². The molecular formula is C51H67O9PSi2. The van der Waals surface area contributed by atoms with Gasteiger partial charge in [0.25, 0.3) is 0 Å². The van der Waals surface area contributed by atoms with Crippen LogP contribution >= 0.6 is 7.82 Å². The molecule has 2 unspecified atom stereocenters. The van der Waals surface area contributed by atoms with E-state index < -0.39 is 61.1 Å². The number of hydrogen-bond donors (Lipinski definition) is 0. The Bertz CT molecular complexity index is 2040. The van der Waals surface area contributed by atoms with E-state index in [0.29, 0.717) is 11.5 Å². The van der Waals surface area contributed by atoms with Crippen molar-refractivity contribution in [1.29, 1.82) is 0 Å². The molecule has 0 radical (unpaired) electrons. The van der Waals surface area contributed by atoms with Crippen LogP contribution in [0.5, 0.6) is 11.5 Å². The molecule has 6 atom stereocenters. The van der Waals surface area contributed by atoms with Crippen molar-refractivity contribution in [2.45, 2.75) is 134 Å². The van der Waals surface area contributed by atoms with Crippen LogP contribution in [0.15, 0.2) is 152 Å². The molecule has 12 heteroatoms. The highest BCUT2D eigenvalue weighted by Crippen LogP contribution is 2.54. The van der Waals surface area contributed by atoms with E-state index in [9.17, 15) is 0 Å². The van der Waals surface area contributed by atoms with Gasteiger partial charge in [0, 0.05) is 0 Å². The Balaban J connectivity index is 1.59. The van der Waals surface area contributed by atoms with Crippen molar-refractivity contribution in [2.24, 2.45) is 0 Å². The first-order valence-electron chi connectivity index (χ1n) is 21.9. The molecule has 63 heavy (non-hydrogen) atoms. The lowest BCUT2D eigenvalue weighted by atomic mass is 9.84. The van der Waals surface area contributed by atoms with Crippen molar-refractivity contribution in [3.8, 4) is 11.5 Å². The van der Waals surface area contributed by atoms with Gasteiger partial charge in [-0.25, -0.2) is 4.57 Å². The van der Waals surface area contributed by atoms with Gasteiger partial charge in [-0.3, -0.25) is 4.52 Å². The normalized spacial score (nSPS) is 21.2. The fourth-order valence-electron chi connectivity index (χ4n) is 6.84. The van der Waals surface area contributed by atoms with Crippen molar-refractivity contribution in [3.05, 3.63) is 168 Å². The minimum absolute atomic E-state index is 0.191. The Morgan fingerprint density at radius 3 is 0.968 bits per heavy atom. The Kier molecular flexibility index (Phi) is 16.2. The summed E-state index contributed by atoms with van der Waals surface area (Å²) >= 11 is 0. The summed E-state index contributed by atoms with van der Waals surface area (Å²) in [5.74, 6) is 0.617. The summed E-state index contributed by atoms with van der Waals surface area (Å²) in [6, 6.07) is 47.9. The van der Waals surface area contributed by atoms with Gasteiger partial charge in [-0.1, -0.05) is 169 Å². The second-order valence-corrected chi connectivity index (χ2v) is 30.3. The molecule has 0 aromatic heterocycles. The Labute approximate surface area is 378 Å². The van der Waals surface area contributed by atoms with Gasteiger partial charge in [0.1, 0.15) is 48.1 Å². The summed E-state index contributed by atoms with van der Waals surface area (Å²) in [4.78, 5) is 0. The number of rotatable bonds is 19. The van der Waals surface area contributed by atoms with Crippen molar-refractivity contribution in [1.82, 2.24) is 0 Å². The van der Waals surface area contributed by atoms with E-state index in [1.54, 1.807) is 48.5 Å². The number of benzene rings is 5. The molecule has 0 N–H and O–H groups in total. The smallest absolute Gasteiger partial charge is 0.408 e. The molecule has 1 aliphatic rings. The van der Waals surface area contributed by atoms with E-state index in [2.05, 4.69) is 67.7 Å². The van der Waals surface area contributed by atoms with E-state index in [1.807, 2.05) is 103 Å². The predicted octanol–water partition coefficient (Wildman–Crippen LogP) is 13.2. The lowest BCUT2D eigenvalue weighted by Gasteiger charge is -2.54. The van der Waals surface area contributed by atoms with Gasteiger partial charge in [0.05, 0.1) is 19.8 Å². The molecular weight excluding hydrogens is 844 g/mol. The highest BCUT2D eigenvalue weighted by molar-refractivity contribution is 7.49. The number of phosphoric ester groups is 1. The van der Waals surface area contributed by atoms with E-state index >= 15 is 4.57 Å². The third kappa shape index (κ3) is 13.1. The molecule has 0 spiro atoms. The third-order valence-electron chi connectivity index (χ3n) is 12.4. The van der Waals surface area contributed by atoms with Gasteiger partial charge in [0.2, 0.25) is 0 Å². The van der Waals surface area contributed by atoms with Crippen LogP contribution in [0.2, 0.25) is 36.3 Å². The molecule has 1 fully saturated rings. The van der Waals surface area contributed by atoms with Crippen LogP contribution in [0.25, 0.3) is 0 Å². The highest BCUT2D eigenvalue weighted by atomic mass is 31.2. The number of phosphoric acid groups is 1. The number of hydrogen-bond acceptors (Lipinski definition) is 9. The molecule has 338 valence electrons. The van der Waals surface area contributed by atoms with E-state index in [4.69, 9.17) is 36.6 Å². The standard InChI is InChI=1S/C51H67O9PSi2/c1-50(2,3)62(7,8)59-48-44(53-36-39-26-16-11-17-27-39)47(58-61(52,56-42-32-22-14-23-33-42)57-43-34-24-15-25-35-43)45(54-37-40-28-18-12-19-29-40)49(60-63(9,10)51(4,5)6)46(48)55-38-41-30-20-13-21-31-41/h11-35,44-49H,36-38H2,1-10H3/t44-,45-,46?,47?,48-,49+/m0/s1. The largest absolute Gasteiger partial charge is 0.588 e. The molecule has 9 nitrogen and oxygen atoms in total. The second kappa shape index (κ2) is 21.0. The first-order chi connectivity index (χ1) is 29.8. The van der Waals surface area contributed by atoms with Crippen molar-refractivity contribution in [3.63, 3.8) is 0 Å². The zero-order chi connectivity index (χ0) is 45.3. The zero-order valence-electron chi connectivity index (χ0n) is 38.6. The summed E-state index contributed by atoms with van der Waals surface area (Å²) in [5.41, 5.74) is 2.87. The number of ether oxygens (including phenoxy) is 3. The maximum Gasteiger partial charge on any atom is 0.588 e. The van der Waals surface area contributed by atoms with Crippen molar-refractivity contribution in [2.75, 3.05) is 0 Å². The Hall–Kier alpha value is -3.88. The maximum absolute atomic E-state index is 15.7. The molecule has 0 aliphatic heterocycles. The maximum atomic E-state index is 15.7. The lowest BCUT2D eigenvalue weighted by Crippen LogP contribution is -2.70. The third-order valence-corrected chi connectivity index (χ3v) is 22.8. The molecule has 6 rings (SSSR count). The minimum atomic E-state index is -4.59. The molecule has 0 bridgehead atoms. The lowest BCUT2D eigenvalue weighted by molar-refractivity contribution is -0.251. The SMILES string of the molecule is CC(C)(C)[Si](C)(C)O[C@@H]1C(OCc2ccccc2)[C@H](O[Si](C)(C)C(C)(C)C)[C@@H](OCc2ccccc2)C(OP(=O)(Oc2ccccc2)Oc2ccccc2)[C@@H]1OCc1ccccc1. The fourth-order valence-corrected chi connectivity index (χ4v) is 10.9. The van der Waals surface area contributed by atoms with Crippen LogP contribution in [-0.4, -0.2) is 53.3 Å². The average Bonchev–Trinajstić information content (AvgIpc) is 3.24. The second-order valence-electron chi connectivity index (χ2n) is 19.3. The molecule has 0 amide bonds. The molecule has 5 aromatic carbocycles. The first-order valence-corrected chi connectivity index (χ1v) is 29.2. The quantitative estimate of drug-likeness (QED) is 0.0593. The van der Waals surface area contributed by atoms with E-state index in [-0.39, 0.29) is 29.9 Å². The van der Waals surface area contributed by atoms with Crippen LogP contribution in [0, 0.1) is 0 Å². The first kappa shape index (κ1) is 48.6. The topological polar surface area (TPSA) is 90.9 Å². The Morgan fingerprint density at radius 2 is 0.683 bits per heavy atom. The highest BCUT2D eigenvalue weighted by Gasteiger charge is 2.60. The van der Waals surface area contributed by atoms with Crippen molar-refractivity contribution < 1.29 is 41.2 Å². The molecule has 5 aromatic rings. The Morgan fingerprint density at radius 1 is 0.413 bits per heavy atom. The fraction of sp³-hybridized carbons (Fsp3) is 0.412. The van der Waals surface area contributed by atoms with Crippen LogP contribution in [-0.2, 0) is 52.0 Å². The zero-order valence-corrected chi connectivity index (χ0v) is 41.5.